The Kier molecular flexibility index (Phi) is 9.09. The van der Waals surface area contributed by atoms with Gasteiger partial charge in [0.15, 0.2) is 11.4 Å². The first kappa shape index (κ1) is 28.8. The van der Waals surface area contributed by atoms with E-state index in [-0.39, 0.29) is 25.7 Å². The quantitative estimate of drug-likeness (QED) is 0.423. The maximum Gasteiger partial charge on any atom is 0.248 e. The van der Waals surface area contributed by atoms with Gasteiger partial charge in [-0.15, -0.1) is 11.3 Å². The largest absolute Gasteiger partial charge is 0.374 e. The Labute approximate surface area is 232 Å². The third-order valence-corrected chi connectivity index (χ3v) is 7.82. The third-order valence-electron chi connectivity index (χ3n) is 6.88. The van der Waals surface area contributed by atoms with E-state index in [4.69, 9.17) is 9.84 Å². The lowest BCUT2D eigenvalue weighted by molar-refractivity contribution is -0.127. The Morgan fingerprint density at radius 1 is 1.15 bits per heavy atom. The second-order valence-corrected chi connectivity index (χ2v) is 10.4. The van der Waals surface area contributed by atoms with Gasteiger partial charge in [-0.05, 0) is 55.2 Å². The van der Waals surface area contributed by atoms with E-state index < -0.39 is 28.9 Å². The Morgan fingerprint density at radius 2 is 1.87 bits per heavy atom. The van der Waals surface area contributed by atoms with Crippen LogP contribution in [0, 0.1) is 17.5 Å². The highest BCUT2D eigenvalue weighted by atomic mass is 32.1. The van der Waals surface area contributed by atoms with Crippen LogP contribution >= 0.6 is 11.3 Å². The number of nitrogens with one attached hydrogen (secondary N) is 1. The summed E-state index contributed by atoms with van der Waals surface area (Å²) in [6, 6.07) is 12.7. The second-order valence-electron chi connectivity index (χ2n) is 9.46. The molecule has 3 atom stereocenters. The number of thiophene rings is 1. The average Bonchev–Trinajstić information content (AvgIpc) is 3.56. The van der Waals surface area contributed by atoms with Gasteiger partial charge in [-0.1, -0.05) is 32.0 Å². The SMILES string of the molecule is CC.CN1CCOC(CNC(=O)C2(C)C(c3cccs3)C(c3ccc(F)cc3)=NN2c2ccc(F)cc2F)C1.[HH]. The summed E-state index contributed by atoms with van der Waals surface area (Å²) in [5.74, 6) is -2.98. The molecular weight excluding hydrogens is 525 g/mol. The third kappa shape index (κ3) is 5.88. The average molecular weight is 561 g/mol. The number of likely N-dealkylation sites (N-methyl/N-ethyl adjacent to an activating group) is 1. The van der Waals surface area contributed by atoms with Crippen molar-refractivity contribution in [2.45, 2.75) is 38.3 Å². The van der Waals surface area contributed by atoms with Crippen LogP contribution in [0.3, 0.4) is 0 Å². The molecule has 1 amide bonds. The van der Waals surface area contributed by atoms with Crippen molar-refractivity contribution in [3.63, 3.8) is 0 Å². The molecule has 39 heavy (non-hydrogen) atoms. The molecule has 10 heteroatoms. The van der Waals surface area contributed by atoms with Crippen molar-refractivity contribution in [2.75, 3.05) is 38.3 Å². The number of morpholine rings is 1. The molecule has 210 valence electrons. The van der Waals surface area contributed by atoms with Gasteiger partial charge in [0.05, 0.1) is 30.0 Å². The van der Waals surface area contributed by atoms with Crippen molar-refractivity contribution in [1.29, 1.82) is 0 Å². The highest BCUT2D eigenvalue weighted by Crippen LogP contribution is 2.46. The monoisotopic (exact) mass is 560 g/mol. The molecule has 1 saturated heterocycles. The van der Waals surface area contributed by atoms with Gasteiger partial charge in [0, 0.05) is 32.0 Å². The number of halogens is 3. The lowest BCUT2D eigenvalue weighted by atomic mass is 9.78. The highest BCUT2D eigenvalue weighted by Gasteiger charge is 2.55. The van der Waals surface area contributed by atoms with Gasteiger partial charge in [-0.2, -0.15) is 5.10 Å². The van der Waals surface area contributed by atoms with E-state index in [2.05, 4.69) is 10.2 Å². The Balaban J connectivity index is 0.00000144. The first-order chi connectivity index (χ1) is 18.8. The number of carbonyl (C=O) groups excluding carboxylic acids is 1. The lowest BCUT2D eigenvalue weighted by Gasteiger charge is -2.38. The predicted molar refractivity (Wildman–Crippen MR) is 151 cm³/mol. The Bertz CT molecular complexity index is 1310. The first-order valence-corrected chi connectivity index (χ1v) is 13.9. The van der Waals surface area contributed by atoms with Crippen molar-refractivity contribution in [2.24, 2.45) is 5.10 Å². The molecule has 0 spiro atoms. The standard InChI is InChI=1S/C27H27F3N4O2S.C2H6.H2/c1-27(26(35)31-15-20-16-33(2)11-12-36-20)24(23-4-3-13-37-23)25(17-5-7-18(28)8-6-17)32-34(27)22-10-9-19(29)14-21(22)30;1-2;/h3-10,13-14,20,24H,11-12,15-16H2,1-2H3,(H,31,35);1-2H3;1H. The number of benzene rings is 2. The van der Waals surface area contributed by atoms with Crippen molar-refractivity contribution in [1.82, 2.24) is 10.2 Å². The van der Waals surface area contributed by atoms with E-state index in [0.717, 1.165) is 23.6 Å². The van der Waals surface area contributed by atoms with E-state index in [1.54, 1.807) is 19.1 Å². The van der Waals surface area contributed by atoms with E-state index in [9.17, 15) is 13.6 Å². The summed E-state index contributed by atoms with van der Waals surface area (Å²) in [6.45, 7) is 8.01. The van der Waals surface area contributed by atoms with Crippen molar-refractivity contribution < 1.29 is 24.1 Å². The molecule has 2 aliphatic rings. The van der Waals surface area contributed by atoms with Crippen LogP contribution in [0.5, 0.6) is 0 Å². The molecule has 3 aromatic rings. The number of hydrogen-bond donors (Lipinski definition) is 1. The minimum absolute atomic E-state index is 0. The summed E-state index contributed by atoms with van der Waals surface area (Å²) >= 11 is 1.45. The normalized spacial score (nSPS) is 23.2. The van der Waals surface area contributed by atoms with E-state index in [1.807, 2.05) is 38.4 Å². The van der Waals surface area contributed by atoms with Crippen molar-refractivity contribution in [3.05, 3.63) is 87.9 Å². The Hall–Kier alpha value is -3.21. The predicted octanol–water partition coefficient (Wildman–Crippen LogP) is 5.65. The fourth-order valence-electron chi connectivity index (χ4n) is 4.93. The molecule has 5 rings (SSSR count). The minimum atomic E-state index is -1.42. The molecule has 0 bridgehead atoms. The second kappa shape index (κ2) is 12.3. The smallest absolute Gasteiger partial charge is 0.248 e. The summed E-state index contributed by atoms with van der Waals surface area (Å²) in [5.41, 5.74) is -0.377. The number of nitrogens with zero attached hydrogens (tertiary/aromatic N) is 3. The maximum atomic E-state index is 15.1. The zero-order chi connectivity index (χ0) is 28.2. The first-order valence-electron chi connectivity index (χ1n) is 13.0. The molecule has 2 aliphatic heterocycles. The van der Waals surface area contributed by atoms with Gasteiger partial charge in [0.2, 0.25) is 5.91 Å². The number of hydrazone groups is 1. The fourth-order valence-corrected chi connectivity index (χ4v) is 5.88. The molecule has 3 heterocycles. The van der Waals surface area contributed by atoms with Gasteiger partial charge < -0.3 is 15.0 Å². The van der Waals surface area contributed by atoms with E-state index >= 15 is 4.39 Å². The molecule has 0 saturated carbocycles. The number of carbonyl (C=O) groups is 1. The zero-order valence-electron chi connectivity index (χ0n) is 22.5. The number of ether oxygens (including phenoxy) is 1. The topological polar surface area (TPSA) is 57.2 Å². The molecule has 0 radical (unpaired) electrons. The summed E-state index contributed by atoms with van der Waals surface area (Å²) in [4.78, 5) is 17.0. The van der Waals surface area contributed by atoms with E-state index in [1.165, 1.54) is 34.5 Å². The molecule has 1 N–H and O–H groups in total. The highest BCUT2D eigenvalue weighted by molar-refractivity contribution is 7.10. The Morgan fingerprint density at radius 3 is 2.51 bits per heavy atom. The summed E-state index contributed by atoms with van der Waals surface area (Å²) in [7, 11) is 1.99. The maximum absolute atomic E-state index is 15.1. The molecule has 1 fully saturated rings. The van der Waals surface area contributed by atoms with Gasteiger partial charge in [0.1, 0.15) is 11.6 Å². The number of rotatable bonds is 6. The summed E-state index contributed by atoms with van der Waals surface area (Å²) < 4.78 is 48.5. The number of hydrogen-bond acceptors (Lipinski definition) is 6. The summed E-state index contributed by atoms with van der Waals surface area (Å²) in [5, 5.41) is 11.0. The van der Waals surface area contributed by atoms with E-state index in [0.29, 0.717) is 24.4 Å². The van der Waals surface area contributed by atoms with Crippen LogP contribution in [0.2, 0.25) is 0 Å². The fraction of sp³-hybridized carbons (Fsp3) is 0.379. The van der Waals surface area contributed by atoms with Crippen molar-refractivity contribution in [3.8, 4) is 0 Å². The van der Waals surface area contributed by atoms with Crippen LogP contribution in [-0.4, -0.2) is 61.5 Å². The number of anilines is 1. The molecule has 2 aromatic carbocycles. The zero-order valence-corrected chi connectivity index (χ0v) is 23.3. The molecule has 0 aliphatic carbocycles. The molecule has 6 nitrogen and oxygen atoms in total. The van der Waals surface area contributed by atoms with Crippen LogP contribution in [0.25, 0.3) is 0 Å². The van der Waals surface area contributed by atoms with Gasteiger partial charge in [-0.25, -0.2) is 18.2 Å². The molecular formula is C29H35F3N4O2S. The van der Waals surface area contributed by atoms with Crippen LogP contribution < -0.4 is 10.3 Å². The summed E-state index contributed by atoms with van der Waals surface area (Å²) in [6.07, 6.45) is -0.193. The molecule has 3 unspecified atom stereocenters. The minimum Gasteiger partial charge on any atom is -0.374 e. The van der Waals surface area contributed by atoms with Gasteiger partial charge >= 0.3 is 0 Å². The van der Waals surface area contributed by atoms with Crippen molar-refractivity contribution >= 4 is 28.6 Å². The lowest BCUT2D eigenvalue weighted by Crippen LogP contribution is -2.58. The number of amides is 1. The van der Waals surface area contributed by atoms with Gasteiger partial charge in [0.25, 0.3) is 0 Å². The van der Waals surface area contributed by atoms with Crippen LogP contribution in [-0.2, 0) is 9.53 Å². The molecule has 1 aromatic heterocycles. The van der Waals surface area contributed by atoms with Crippen LogP contribution in [0.4, 0.5) is 18.9 Å². The van der Waals surface area contributed by atoms with Crippen LogP contribution in [0.15, 0.2) is 65.1 Å². The van der Waals surface area contributed by atoms with Crippen LogP contribution in [0.1, 0.15) is 38.6 Å². The van der Waals surface area contributed by atoms with Gasteiger partial charge in [-0.3, -0.25) is 4.79 Å².